The lowest BCUT2D eigenvalue weighted by molar-refractivity contribution is 0.414. The number of methoxy groups -OCH3 is 1. The van der Waals surface area contributed by atoms with E-state index < -0.39 is 0 Å². The number of halogens is 1. The van der Waals surface area contributed by atoms with Gasteiger partial charge in [-0.25, -0.2) is 0 Å². The summed E-state index contributed by atoms with van der Waals surface area (Å²) in [6.07, 6.45) is 3.20. The van der Waals surface area contributed by atoms with Crippen LogP contribution in [-0.2, 0) is 6.42 Å². The number of aryl methyl sites for hydroxylation is 1. The van der Waals surface area contributed by atoms with Crippen molar-refractivity contribution in [3.63, 3.8) is 0 Å². The second-order valence-electron chi connectivity index (χ2n) is 5.03. The Labute approximate surface area is 136 Å². The van der Waals surface area contributed by atoms with Crippen molar-refractivity contribution in [2.45, 2.75) is 32.2 Å². The molecule has 0 saturated carbocycles. The summed E-state index contributed by atoms with van der Waals surface area (Å²) in [4.78, 5) is 1.25. The van der Waals surface area contributed by atoms with Crippen LogP contribution in [0.5, 0.6) is 5.75 Å². The van der Waals surface area contributed by atoms with E-state index in [4.69, 9.17) is 16.3 Å². The van der Waals surface area contributed by atoms with Gasteiger partial charge >= 0.3 is 0 Å². The molecule has 0 amide bonds. The summed E-state index contributed by atoms with van der Waals surface area (Å²) in [5.41, 5.74) is 1.33. The van der Waals surface area contributed by atoms with E-state index in [2.05, 4.69) is 29.8 Å². The van der Waals surface area contributed by atoms with Crippen LogP contribution in [-0.4, -0.2) is 13.7 Å². The quantitative estimate of drug-likeness (QED) is 0.731. The molecule has 1 N–H and O–H groups in total. The van der Waals surface area contributed by atoms with Crippen LogP contribution in [0.2, 0.25) is 5.02 Å². The highest BCUT2D eigenvalue weighted by Gasteiger charge is 2.15. The summed E-state index contributed by atoms with van der Waals surface area (Å²) in [7, 11) is 1.69. The van der Waals surface area contributed by atoms with Gasteiger partial charge in [-0.3, -0.25) is 0 Å². The second-order valence-corrected chi connectivity index (χ2v) is 6.38. The molecule has 0 spiro atoms. The number of ether oxygens (including phenoxy) is 1. The summed E-state index contributed by atoms with van der Waals surface area (Å²) >= 11 is 8.02. The molecule has 0 radical (unpaired) electrons. The van der Waals surface area contributed by atoms with Gasteiger partial charge in [-0.15, -0.1) is 11.3 Å². The summed E-state index contributed by atoms with van der Waals surface area (Å²) < 4.78 is 5.19. The number of thiophene rings is 1. The molecule has 1 atom stereocenters. The molecule has 1 unspecified atom stereocenters. The van der Waals surface area contributed by atoms with Crippen molar-refractivity contribution < 1.29 is 4.74 Å². The van der Waals surface area contributed by atoms with Crippen LogP contribution in [0.3, 0.4) is 0 Å². The van der Waals surface area contributed by atoms with E-state index >= 15 is 0 Å². The van der Waals surface area contributed by atoms with E-state index in [1.807, 2.05) is 18.2 Å². The van der Waals surface area contributed by atoms with E-state index in [0.717, 1.165) is 36.6 Å². The Morgan fingerprint density at radius 2 is 2.00 bits per heavy atom. The van der Waals surface area contributed by atoms with Crippen molar-refractivity contribution >= 4 is 22.9 Å². The maximum Gasteiger partial charge on any atom is 0.118 e. The van der Waals surface area contributed by atoms with Crippen LogP contribution in [0.1, 0.15) is 36.2 Å². The molecule has 114 valence electrons. The van der Waals surface area contributed by atoms with Gasteiger partial charge in [0.15, 0.2) is 0 Å². The van der Waals surface area contributed by atoms with Gasteiger partial charge in [0.05, 0.1) is 12.1 Å². The first-order valence-electron chi connectivity index (χ1n) is 7.33. The average Bonchev–Trinajstić information content (AvgIpc) is 2.94. The lowest BCUT2D eigenvalue weighted by atomic mass is 10.0. The van der Waals surface area contributed by atoms with Crippen LogP contribution < -0.4 is 10.1 Å². The smallest absolute Gasteiger partial charge is 0.118 e. The van der Waals surface area contributed by atoms with Gasteiger partial charge in [0, 0.05) is 10.9 Å². The Bertz CT molecular complexity index is 538. The maximum atomic E-state index is 6.29. The fraction of sp³-hybridized carbons (Fsp3) is 0.412. The van der Waals surface area contributed by atoms with Crippen LogP contribution in [0, 0.1) is 0 Å². The molecule has 1 aromatic carbocycles. The third-order valence-electron chi connectivity index (χ3n) is 3.48. The van der Waals surface area contributed by atoms with Crippen LogP contribution in [0.25, 0.3) is 0 Å². The minimum atomic E-state index is 0.333. The number of hydrogen-bond donors (Lipinski definition) is 1. The molecule has 2 aromatic rings. The van der Waals surface area contributed by atoms with Gasteiger partial charge in [0.2, 0.25) is 0 Å². The lowest BCUT2D eigenvalue weighted by Gasteiger charge is -2.18. The van der Waals surface area contributed by atoms with Crippen LogP contribution in [0.15, 0.2) is 35.7 Å². The number of benzene rings is 1. The van der Waals surface area contributed by atoms with Gasteiger partial charge < -0.3 is 10.1 Å². The largest absolute Gasteiger partial charge is 0.497 e. The molecule has 0 fully saturated rings. The van der Waals surface area contributed by atoms with Crippen molar-refractivity contribution in [1.82, 2.24) is 5.32 Å². The molecule has 1 aromatic heterocycles. The summed E-state index contributed by atoms with van der Waals surface area (Å²) in [6.45, 7) is 3.20. The molecule has 1 heterocycles. The van der Waals surface area contributed by atoms with Gasteiger partial charge in [-0.05, 0) is 54.9 Å². The zero-order valence-corrected chi connectivity index (χ0v) is 14.1. The van der Waals surface area contributed by atoms with Gasteiger partial charge in [-0.2, -0.15) is 0 Å². The van der Waals surface area contributed by atoms with Gasteiger partial charge in [0.1, 0.15) is 5.75 Å². The molecule has 0 aliphatic carbocycles. The highest BCUT2D eigenvalue weighted by atomic mass is 35.5. The Balaban J connectivity index is 1.99. The first kappa shape index (κ1) is 16.3. The SMILES string of the molecule is CCCNC(CCc1ccc(OC)cc1)c1sccc1Cl. The van der Waals surface area contributed by atoms with Crippen molar-refractivity contribution in [2.24, 2.45) is 0 Å². The predicted molar refractivity (Wildman–Crippen MR) is 91.7 cm³/mol. The first-order chi connectivity index (χ1) is 10.2. The molecular weight excluding hydrogens is 302 g/mol. The maximum absolute atomic E-state index is 6.29. The topological polar surface area (TPSA) is 21.3 Å². The van der Waals surface area contributed by atoms with Gasteiger partial charge in [0.25, 0.3) is 0 Å². The average molecular weight is 324 g/mol. The fourth-order valence-corrected chi connectivity index (χ4v) is 3.60. The molecule has 0 aliphatic rings. The zero-order chi connectivity index (χ0) is 15.1. The van der Waals surface area contributed by atoms with Crippen molar-refractivity contribution in [2.75, 3.05) is 13.7 Å². The molecule has 0 saturated heterocycles. The van der Waals surface area contributed by atoms with E-state index in [1.54, 1.807) is 18.4 Å². The van der Waals surface area contributed by atoms with Crippen molar-refractivity contribution in [1.29, 1.82) is 0 Å². The Morgan fingerprint density at radius 1 is 1.24 bits per heavy atom. The lowest BCUT2D eigenvalue weighted by Crippen LogP contribution is -2.22. The second kappa shape index (κ2) is 8.42. The fourth-order valence-electron chi connectivity index (χ4n) is 2.30. The third-order valence-corrected chi connectivity index (χ3v) is 4.95. The zero-order valence-electron chi connectivity index (χ0n) is 12.6. The number of rotatable bonds is 8. The standard InChI is InChI=1S/C17H22ClNOS/c1-3-11-19-16(17-15(18)10-12-21-17)9-6-13-4-7-14(20-2)8-5-13/h4-5,7-8,10,12,16,19H,3,6,9,11H2,1-2H3. The van der Waals surface area contributed by atoms with E-state index in [9.17, 15) is 0 Å². The van der Waals surface area contributed by atoms with Crippen molar-refractivity contribution in [3.05, 3.63) is 51.2 Å². The monoisotopic (exact) mass is 323 g/mol. The Kier molecular flexibility index (Phi) is 6.55. The van der Waals surface area contributed by atoms with E-state index in [0.29, 0.717) is 6.04 Å². The molecule has 0 aliphatic heterocycles. The number of hydrogen-bond acceptors (Lipinski definition) is 3. The third kappa shape index (κ3) is 4.73. The molecular formula is C17H22ClNOS. The highest BCUT2D eigenvalue weighted by Crippen LogP contribution is 2.31. The number of nitrogens with one attached hydrogen (secondary N) is 1. The Morgan fingerprint density at radius 3 is 2.57 bits per heavy atom. The van der Waals surface area contributed by atoms with E-state index in [1.165, 1.54) is 10.4 Å². The summed E-state index contributed by atoms with van der Waals surface area (Å²) in [5.74, 6) is 0.903. The first-order valence-corrected chi connectivity index (χ1v) is 8.59. The molecule has 21 heavy (non-hydrogen) atoms. The molecule has 2 nitrogen and oxygen atoms in total. The molecule has 0 bridgehead atoms. The minimum absolute atomic E-state index is 0.333. The van der Waals surface area contributed by atoms with E-state index in [-0.39, 0.29) is 0 Å². The van der Waals surface area contributed by atoms with Crippen molar-refractivity contribution in [3.8, 4) is 5.75 Å². The predicted octanol–water partition coefficient (Wildman–Crippen LogP) is 5.08. The minimum Gasteiger partial charge on any atom is -0.497 e. The Hall–Kier alpha value is -1.03. The normalized spacial score (nSPS) is 12.3. The van der Waals surface area contributed by atoms with Crippen LogP contribution >= 0.6 is 22.9 Å². The van der Waals surface area contributed by atoms with Gasteiger partial charge in [-0.1, -0.05) is 30.7 Å². The highest BCUT2D eigenvalue weighted by molar-refractivity contribution is 7.10. The molecule has 4 heteroatoms. The molecule has 2 rings (SSSR count). The summed E-state index contributed by atoms with van der Waals surface area (Å²) in [6, 6.07) is 10.6. The summed E-state index contributed by atoms with van der Waals surface area (Å²) in [5, 5.41) is 6.55. The van der Waals surface area contributed by atoms with Crippen LogP contribution in [0.4, 0.5) is 0 Å².